The summed E-state index contributed by atoms with van der Waals surface area (Å²) in [7, 11) is 0. The number of nitrogens with two attached hydrogens (primary N) is 1. The Labute approximate surface area is 81.4 Å². The van der Waals surface area contributed by atoms with Gasteiger partial charge in [-0.15, -0.1) is 0 Å². The summed E-state index contributed by atoms with van der Waals surface area (Å²) in [6.45, 7) is 1.80. The average molecular weight is 201 g/mol. The molecule has 1 atom stereocenters. The van der Waals surface area contributed by atoms with Gasteiger partial charge in [0.05, 0.1) is 0 Å². The van der Waals surface area contributed by atoms with Gasteiger partial charge in [0, 0.05) is 12.1 Å². The molecule has 0 saturated carbocycles. The molecular weight excluding hydrogens is 188 g/mol. The van der Waals surface area contributed by atoms with Crippen LogP contribution in [0, 0.1) is 11.6 Å². The highest BCUT2D eigenvalue weighted by Crippen LogP contribution is 2.23. The van der Waals surface area contributed by atoms with E-state index in [1.165, 1.54) is 0 Å². The predicted octanol–water partition coefficient (Wildman–Crippen LogP) is 1.95. The van der Waals surface area contributed by atoms with Crippen LogP contribution in [0.15, 0.2) is 12.1 Å². The van der Waals surface area contributed by atoms with Crippen molar-refractivity contribution in [2.75, 3.05) is 0 Å². The van der Waals surface area contributed by atoms with E-state index in [9.17, 15) is 13.9 Å². The van der Waals surface area contributed by atoms with Crippen molar-refractivity contribution in [1.82, 2.24) is 0 Å². The predicted molar refractivity (Wildman–Crippen MR) is 50.0 cm³/mol. The lowest BCUT2D eigenvalue weighted by molar-refractivity contribution is 0.419. The summed E-state index contributed by atoms with van der Waals surface area (Å²) in [4.78, 5) is 0. The Morgan fingerprint density at radius 1 is 1.43 bits per heavy atom. The lowest BCUT2D eigenvalue weighted by Crippen LogP contribution is -2.15. The molecule has 1 unspecified atom stereocenters. The second-order valence-corrected chi connectivity index (χ2v) is 3.41. The minimum atomic E-state index is -0.926. The fourth-order valence-corrected chi connectivity index (χ4v) is 1.19. The summed E-state index contributed by atoms with van der Waals surface area (Å²) in [6.07, 6.45) is 0.953. The summed E-state index contributed by atoms with van der Waals surface area (Å²) in [5.41, 5.74) is 5.76. The van der Waals surface area contributed by atoms with Gasteiger partial charge in [-0.1, -0.05) is 0 Å². The Morgan fingerprint density at radius 3 is 2.64 bits per heavy atom. The zero-order chi connectivity index (χ0) is 10.7. The number of hydrogen-bond donors (Lipinski definition) is 2. The Morgan fingerprint density at radius 2 is 2.07 bits per heavy atom. The molecule has 0 amide bonds. The molecule has 3 N–H and O–H groups in total. The topological polar surface area (TPSA) is 46.2 Å². The second kappa shape index (κ2) is 4.37. The maximum absolute atomic E-state index is 12.8. The number of hydrogen-bond acceptors (Lipinski definition) is 2. The zero-order valence-corrected chi connectivity index (χ0v) is 7.93. The smallest absolute Gasteiger partial charge is 0.168 e. The molecule has 0 radical (unpaired) electrons. The molecule has 0 aliphatic carbocycles. The van der Waals surface area contributed by atoms with Crippen molar-refractivity contribution in [3.8, 4) is 5.75 Å². The number of phenols is 1. The van der Waals surface area contributed by atoms with E-state index in [0.717, 1.165) is 6.07 Å². The summed E-state index contributed by atoms with van der Waals surface area (Å²) in [5, 5.41) is 9.25. The van der Waals surface area contributed by atoms with Crippen LogP contribution in [0.5, 0.6) is 5.75 Å². The molecule has 78 valence electrons. The maximum atomic E-state index is 12.8. The number of phenolic OH excluding ortho intramolecular Hbond substituents is 1. The highest BCUT2D eigenvalue weighted by Gasteiger charge is 2.10. The third-order valence-electron chi connectivity index (χ3n) is 1.98. The van der Waals surface area contributed by atoms with E-state index < -0.39 is 17.4 Å². The highest BCUT2D eigenvalue weighted by atomic mass is 19.1. The first-order chi connectivity index (χ1) is 6.50. The van der Waals surface area contributed by atoms with Crippen LogP contribution >= 0.6 is 0 Å². The van der Waals surface area contributed by atoms with Crippen molar-refractivity contribution in [3.05, 3.63) is 29.3 Å². The molecular formula is C10H13F2NO. The Hall–Kier alpha value is -1.16. The fourth-order valence-electron chi connectivity index (χ4n) is 1.19. The van der Waals surface area contributed by atoms with Gasteiger partial charge >= 0.3 is 0 Å². The molecule has 0 saturated heterocycles. The monoisotopic (exact) mass is 201 g/mol. The lowest BCUT2D eigenvalue weighted by atomic mass is 10.1. The first-order valence-electron chi connectivity index (χ1n) is 4.43. The van der Waals surface area contributed by atoms with E-state index in [4.69, 9.17) is 5.73 Å². The van der Waals surface area contributed by atoms with Crippen LogP contribution in [0.1, 0.15) is 18.9 Å². The van der Waals surface area contributed by atoms with Crippen LogP contribution in [-0.2, 0) is 6.42 Å². The quantitative estimate of drug-likeness (QED) is 0.785. The van der Waals surface area contributed by atoms with Crippen molar-refractivity contribution in [2.24, 2.45) is 5.73 Å². The van der Waals surface area contributed by atoms with E-state index in [1.54, 1.807) is 6.92 Å². The minimum absolute atomic E-state index is 0.0549. The molecule has 4 heteroatoms. The number of halogens is 2. The first-order valence-corrected chi connectivity index (χ1v) is 4.43. The first kappa shape index (κ1) is 10.9. The van der Waals surface area contributed by atoms with E-state index in [0.29, 0.717) is 18.9 Å². The van der Waals surface area contributed by atoms with Crippen molar-refractivity contribution >= 4 is 0 Å². The van der Waals surface area contributed by atoms with Gasteiger partial charge < -0.3 is 10.8 Å². The largest absolute Gasteiger partial charge is 0.505 e. The molecule has 1 aromatic carbocycles. The number of aryl methyl sites for hydroxylation is 1. The van der Waals surface area contributed by atoms with E-state index in [1.807, 2.05) is 0 Å². The maximum Gasteiger partial charge on any atom is 0.168 e. The lowest BCUT2D eigenvalue weighted by Gasteiger charge is -2.07. The molecule has 0 spiro atoms. The van der Waals surface area contributed by atoms with Crippen LogP contribution in [0.2, 0.25) is 0 Å². The standard InChI is InChI=1S/C10H13F2NO/c1-6(13)2-3-7-4-8(11)5-9(12)10(7)14/h4-6,14H,2-3,13H2,1H3. The van der Waals surface area contributed by atoms with Crippen LogP contribution in [0.25, 0.3) is 0 Å². The van der Waals surface area contributed by atoms with E-state index in [2.05, 4.69) is 0 Å². The summed E-state index contributed by atoms with van der Waals surface area (Å²) >= 11 is 0. The molecule has 2 nitrogen and oxygen atoms in total. The molecule has 0 bridgehead atoms. The third-order valence-corrected chi connectivity index (χ3v) is 1.98. The fraction of sp³-hybridized carbons (Fsp3) is 0.400. The second-order valence-electron chi connectivity index (χ2n) is 3.41. The van der Waals surface area contributed by atoms with Crippen LogP contribution in [0.4, 0.5) is 8.78 Å². The normalized spacial score (nSPS) is 12.9. The summed E-state index contributed by atoms with van der Waals surface area (Å²) < 4.78 is 25.6. The zero-order valence-electron chi connectivity index (χ0n) is 7.93. The van der Waals surface area contributed by atoms with Crippen molar-refractivity contribution in [1.29, 1.82) is 0 Å². The summed E-state index contributed by atoms with van der Waals surface area (Å²) in [6, 6.07) is 1.73. The molecule has 0 aliphatic rings. The van der Waals surface area contributed by atoms with Crippen molar-refractivity contribution in [3.63, 3.8) is 0 Å². The van der Waals surface area contributed by atoms with Crippen LogP contribution in [-0.4, -0.2) is 11.1 Å². The molecule has 0 aliphatic heterocycles. The third kappa shape index (κ3) is 2.67. The minimum Gasteiger partial charge on any atom is -0.505 e. The SMILES string of the molecule is CC(N)CCc1cc(F)cc(F)c1O. The van der Waals surface area contributed by atoms with Gasteiger partial charge in [-0.05, 0) is 31.4 Å². The number of aromatic hydroxyl groups is 1. The molecule has 1 rings (SSSR count). The Bertz CT molecular complexity index is 326. The van der Waals surface area contributed by atoms with Crippen molar-refractivity contribution < 1.29 is 13.9 Å². The molecule has 0 fully saturated rings. The number of benzene rings is 1. The van der Waals surface area contributed by atoms with Crippen LogP contribution < -0.4 is 5.73 Å². The average Bonchev–Trinajstić information content (AvgIpc) is 2.08. The van der Waals surface area contributed by atoms with E-state index >= 15 is 0 Å². The molecule has 1 aromatic rings. The van der Waals surface area contributed by atoms with Gasteiger partial charge in [-0.3, -0.25) is 0 Å². The molecule has 0 heterocycles. The van der Waals surface area contributed by atoms with Crippen LogP contribution in [0.3, 0.4) is 0 Å². The highest BCUT2D eigenvalue weighted by molar-refractivity contribution is 5.34. The van der Waals surface area contributed by atoms with E-state index in [-0.39, 0.29) is 11.6 Å². The van der Waals surface area contributed by atoms with Crippen molar-refractivity contribution in [2.45, 2.75) is 25.8 Å². The summed E-state index contributed by atoms with van der Waals surface area (Å²) in [5.74, 6) is -2.09. The molecule has 14 heavy (non-hydrogen) atoms. The van der Waals surface area contributed by atoms with Gasteiger partial charge in [-0.2, -0.15) is 0 Å². The van der Waals surface area contributed by atoms with Gasteiger partial charge in [-0.25, -0.2) is 8.78 Å². The number of rotatable bonds is 3. The Kier molecular flexibility index (Phi) is 3.41. The van der Waals surface area contributed by atoms with Gasteiger partial charge in [0.2, 0.25) is 0 Å². The van der Waals surface area contributed by atoms with Gasteiger partial charge in [0.15, 0.2) is 11.6 Å². The molecule has 0 aromatic heterocycles. The van der Waals surface area contributed by atoms with Gasteiger partial charge in [0.25, 0.3) is 0 Å². The Balaban J connectivity index is 2.85. The van der Waals surface area contributed by atoms with Gasteiger partial charge in [0.1, 0.15) is 5.82 Å².